The van der Waals surface area contributed by atoms with Crippen molar-refractivity contribution in [3.8, 4) is 5.75 Å². The number of nitrogens with one attached hydrogen (secondary N) is 1. The van der Waals surface area contributed by atoms with Crippen molar-refractivity contribution in [3.05, 3.63) is 51.6 Å². The maximum atomic E-state index is 5.96. The van der Waals surface area contributed by atoms with Crippen molar-refractivity contribution < 1.29 is 4.74 Å². The average Bonchev–Trinajstić information content (AvgIpc) is 2.41. The lowest BCUT2D eigenvalue weighted by Crippen LogP contribution is -2.07. The number of benzene rings is 2. The minimum absolute atomic E-state index is 0.789. The molecule has 0 amide bonds. The van der Waals surface area contributed by atoms with Gasteiger partial charge in [0.05, 0.1) is 18.5 Å². The average molecular weight is 368 g/mol. The molecule has 0 spiro atoms. The van der Waals surface area contributed by atoms with Gasteiger partial charge in [-0.3, -0.25) is 0 Å². The number of nitrogen functional groups attached to an aromatic ring is 1. The zero-order valence-electron chi connectivity index (χ0n) is 10.8. The molecule has 4 heteroatoms. The fourth-order valence-electron chi connectivity index (χ4n) is 1.86. The fraction of sp³-hybridized carbons (Fsp3) is 0.200. The van der Waals surface area contributed by atoms with Gasteiger partial charge in [-0.1, -0.05) is 12.1 Å². The van der Waals surface area contributed by atoms with Crippen molar-refractivity contribution in [3.63, 3.8) is 0 Å². The molecule has 3 nitrogen and oxygen atoms in total. The molecule has 0 atom stereocenters. The van der Waals surface area contributed by atoms with Crippen LogP contribution in [0.1, 0.15) is 5.56 Å². The first-order valence-electron chi connectivity index (χ1n) is 6.11. The van der Waals surface area contributed by atoms with E-state index in [4.69, 9.17) is 10.5 Å². The molecule has 0 unspecified atom stereocenters. The van der Waals surface area contributed by atoms with Gasteiger partial charge in [-0.05, 0) is 64.9 Å². The number of halogens is 1. The van der Waals surface area contributed by atoms with Crippen LogP contribution in [0.15, 0.2) is 42.5 Å². The van der Waals surface area contributed by atoms with Gasteiger partial charge in [0.15, 0.2) is 0 Å². The van der Waals surface area contributed by atoms with Crippen LogP contribution in [0.4, 0.5) is 11.4 Å². The molecule has 0 fully saturated rings. The lowest BCUT2D eigenvalue weighted by atomic mass is 10.1. The van der Waals surface area contributed by atoms with E-state index in [0.717, 1.165) is 33.7 Å². The van der Waals surface area contributed by atoms with E-state index in [1.807, 2.05) is 30.3 Å². The highest BCUT2D eigenvalue weighted by Crippen LogP contribution is 2.21. The monoisotopic (exact) mass is 368 g/mol. The summed E-state index contributed by atoms with van der Waals surface area (Å²) in [6.45, 7) is 0.845. The van der Waals surface area contributed by atoms with Crippen molar-refractivity contribution in [2.24, 2.45) is 0 Å². The molecule has 0 radical (unpaired) electrons. The van der Waals surface area contributed by atoms with Crippen LogP contribution < -0.4 is 15.8 Å². The second-order valence-electron chi connectivity index (χ2n) is 4.26. The maximum Gasteiger partial charge on any atom is 0.119 e. The van der Waals surface area contributed by atoms with Crippen molar-refractivity contribution in [1.29, 1.82) is 0 Å². The summed E-state index contributed by atoms with van der Waals surface area (Å²) in [6.07, 6.45) is 0.933. The van der Waals surface area contributed by atoms with E-state index in [0.29, 0.717) is 0 Å². The summed E-state index contributed by atoms with van der Waals surface area (Å²) in [5, 5.41) is 3.36. The first kappa shape index (κ1) is 14.0. The summed E-state index contributed by atoms with van der Waals surface area (Å²) < 4.78 is 6.36. The van der Waals surface area contributed by atoms with E-state index in [1.165, 1.54) is 5.56 Å². The molecule has 3 N–H and O–H groups in total. The zero-order valence-corrected chi connectivity index (χ0v) is 13.0. The Morgan fingerprint density at radius 3 is 2.79 bits per heavy atom. The number of hydrogen-bond donors (Lipinski definition) is 2. The Morgan fingerprint density at radius 1 is 1.21 bits per heavy atom. The third-order valence-electron chi connectivity index (χ3n) is 2.88. The summed E-state index contributed by atoms with van der Waals surface area (Å²) in [6, 6.07) is 14.1. The number of methoxy groups -OCH3 is 1. The van der Waals surface area contributed by atoms with Crippen LogP contribution in [-0.4, -0.2) is 13.7 Å². The van der Waals surface area contributed by atoms with Crippen LogP contribution in [0.2, 0.25) is 0 Å². The highest BCUT2D eigenvalue weighted by atomic mass is 127. The third-order valence-corrected chi connectivity index (χ3v) is 3.55. The maximum absolute atomic E-state index is 5.96. The van der Waals surface area contributed by atoms with Crippen molar-refractivity contribution >= 4 is 34.0 Å². The SMILES string of the molecule is COc1cccc(CCNc2ccc(I)cc2N)c1. The molecule has 2 aromatic carbocycles. The Hall–Kier alpha value is -1.43. The van der Waals surface area contributed by atoms with E-state index >= 15 is 0 Å². The highest BCUT2D eigenvalue weighted by Gasteiger charge is 2.00. The molecule has 0 heterocycles. The molecular formula is C15H17IN2O. The summed E-state index contributed by atoms with van der Waals surface area (Å²) in [5.74, 6) is 0.895. The van der Waals surface area contributed by atoms with Gasteiger partial charge in [-0.15, -0.1) is 0 Å². The van der Waals surface area contributed by atoms with Crippen LogP contribution in [0, 0.1) is 3.57 Å². The Kier molecular flexibility index (Phi) is 4.90. The number of rotatable bonds is 5. The standard InChI is InChI=1S/C15H17IN2O/c1-19-13-4-2-3-11(9-13)7-8-18-15-6-5-12(16)10-14(15)17/h2-6,9-10,18H,7-8,17H2,1H3. The van der Waals surface area contributed by atoms with Crippen molar-refractivity contribution in [2.45, 2.75) is 6.42 Å². The molecule has 0 bridgehead atoms. The van der Waals surface area contributed by atoms with Crippen LogP contribution in [-0.2, 0) is 6.42 Å². The number of anilines is 2. The molecule has 0 aliphatic heterocycles. The predicted molar refractivity (Wildman–Crippen MR) is 88.8 cm³/mol. The van der Waals surface area contributed by atoms with Crippen LogP contribution in [0.3, 0.4) is 0 Å². The minimum atomic E-state index is 0.789. The van der Waals surface area contributed by atoms with Gasteiger partial charge in [0.1, 0.15) is 5.75 Å². The summed E-state index contributed by atoms with van der Waals surface area (Å²) >= 11 is 2.26. The lowest BCUT2D eigenvalue weighted by molar-refractivity contribution is 0.414. The lowest BCUT2D eigenvalue weighted by Gasteiger charge is -2.10. The molecular weight excluding hydrogens is 351 g/mol. The van der Waals surface area contributed by atoms with E-state index in [9.17, 15) is 0 Å². The number of nitrogens with two attached hydrogens (primary N) is 1. The number of ether oxygens (including phenoxy) is 1. The normalized spacial score (nSPS) is 10.2. The summed E-state index contributed by atoms with van der Waals surface area (Å²) in [5.41, 5.74) is 8.98. The van der Waals surface area contributed by atoms with Crippen molar-refractivity contribution in [1.82, 2.24) is 0 Å². The Morgan fingerprint density at radius 2 is 2.05 bits per heavy atom. The molecule has 100 valence electrons. The summed E-state index contributed by atoms with van der Waals surface area (Å²) in [4.78, 5) is 0. The molecule has 19 heavy (non-hydrogen) atoms. The zero-order chi connectivity index (χ0) is 13.7. The quantitative estimate of drug-likeness (QED) is 0.627. The molecule has 0 aromatic heterocycles. The fourth-order valence-corrected chi connectivity index (χ4v) is 2.38. The van der Waals surface area contributed by atoms with Crippen LogP contribution >= 0.6 is 22.6 Å². The molecule has 2 rings (SSSR count). The van der Waals surface area contributed by atoms with Gasteiger partial charge < -0.3 is 15.8 Å². The van der Waals surface area contributed by atoms with Gasteiger partial charge in [-0.2, -0.15) is 0 Å². The second-order valence-corrected chi connectivity index (χ2v) is 5.51. The Bertz CT molecular complexity index is 558. The first-order valence-corrected chi connectivity index (χ1v) is 7.19. The van der Waals surface area contributed by atoms with E-state index in [1.54, 1.807) is 7.11 Å². The Balaban J connectivity index is 1.92. The molecule has 0 aliphatic rings. The topological polar surface area (TPSA) is 47.3 Å². The third kappa shape index (κ3) is 4.02. The predicted octanol–water partition coefficient (Wildman–Crippen LogP) is 3.54. The molecule has 0 saturated heterocycles. The van der Waals surface area contributed by atoms with Gasteiger partial charge >= 0.3 is 0 Å². The first-order chi connectivity index (χ1) is 9.19. The van der Waals surface area contributed by atoms with Gasteiger partial charge in [0, 0.05) is 10.1 Å². The van der Waals surface area contributed by atoms with Crippen molar-refractivity contribution in [2.75, 3.05) is 24.7 Å². The van der Waals surface area contributed by atoms with E-state index < -0.39 is 0 Å². The molecule has 0 saturated carbocycles. The largest absolute Gasteiger partial charge is 0.497 e. The number of hydrogen-bond acceptors (Lipinski definition) is 3. The van der Waals surface area contributed by atoms with Gasteiger partial charge in [-0.25, -0.2) is 0 Å². The second kappa shape index (κ2) is 6.65. The minimum Gasteiger partial charge on any atom is -0.497 e. The van der Waals surface area contributed by atoms with E-state index in [-0.39, 0.29) is 0 Å². The van der Waals surface area contributed by atoms with Crippen LogP contribution in [0.5, 0.6) is 5.75 Å². The van der Waals surface area contributed by atoms with Crippen LogP contribution in [0.25, 0.3) is 0 Å². The van der Waals surface area contributed by atoms with E-state index in [2.05, 4.69) is 40.0 Å². The Labute approximate surface area is 127 Å². The molecule has 2 aromatic rings. The molecule has 0 aliphatic carbocycles. The van der Waals surface area contributed by atoms with Gasteiger partial charge in [0.25, 0.3) is 0 Å². The summed E-state index contributed by atoms with van der Waals surface area (Å²) in [7, 11) is 1.68. The van der Waals surface area contributed by atoms with Gasteiger partial charge in [0.2, 0.25) is 0 Å². The highest BCUT2D eigenvalue weighted by molar-refractivity contribution is 14.1. The smallest absolute Gasteiger partial charge is 0.119 e.